The molecule has 1 saturated heterocycles. The Morgan fingerprint density at radius 2 is 1.48 bits per heavy atom. The highest BCUT2D eigenvalue weighted by Crippen LogP contribution is 2.29. The van der Waals surface area contributed by atoms with Gasteiger partial charge in [-0.1, -0.05) is 30.3 Å². The molecule has 2 unspecified atom stereocenters. The molecule has 6 nitrogen and oxygen atoms in total. The molecule has 0 aliphatic carbocycles. The van der Waals surface area contributed by atoms with E-state index in [-0.39, 0.29) is 18.0 Å². The molecule has 6 heteroatoms. The lowest BCUT2D eigenvalue weighted by Crippen LogP contribution is -2.54. The summed E-state index contributed by atoms with van der Waals surface area (Å²) in [6, 6.07) is 15.6. The van der Waals surface area contributed by atoms with Crippen molar-refractivity contribution >= 4 is 11.6 Å². The fourth-order valence-electron chi connectivity index (χ4n) is 3.84. The standard InChI is InChI=1S/C23H31N3O3/c1-17(19-9-5-7-11-21(19)28-3)24-23(27)18(2)25-13-15-26(16-14-25)20-10-6-8-12-22(20)29-4/h5-12,17-18H,13-16H2,1-4H3,(H,24,27). The monoisotopic (exact) mass is 397 g/mol. The number of piperazine rings is 1. The highest BCUT2D eigenvalue weighted by molar-refractivity contribution is 5.81. The van der Waals surface area contributed by atoms with E-state index in [0.29, 0.717) is 0 Å². The van der Waals surface area contributed by atoms with E-state index in [2.05, 4.69) is 21.2 Å². The highest BCUT2D eigenvalue weighted by Gasteiger charge is 2.27. The second-order valence-electron chi connectivity index (χ2n) is 7.34. The summed E-state index contributed by atoms with van der Waals surface area (Å²) in [5.74, 6) is 1.71. The molecule has 1 fully saturated rings. The Kier molecular flexibility index (Phi) is 6.99. The summed E-state index contributed by atoms with van der Waals surface area (Å²) in [7, 11) is 3.35. The average molecular weight is 398 g/mol. The molecule has 0 radical (unpaired) electrons. The number of nitrogens with zero attached hydrogens (tertiary/aromatic N) is 2. The third-order valence-electron chi connectivity index (χ3n) is 5.63. The van der Waals surface area contributed by atoms with Crippen LogP contribution in [0.5, 0.6) is 11.5 Å². The number of carbonyl (C=O) groups excluding carboxylic acids is 1. The Balaban J connectivity index is 1.57. The summed E-state index contributed by atoms with van der Waals surface area (Å²) >= 11 is 0. The Morgan fingerprint density at radius 3 is 2.14 bits per heavy atom. The largest absolute Gasteiger partial charge is 0.496 e. The van der Waals surface area contributed by atoms with Gasteiger partial charge in [0.1, 0.15) is 11.5 Å². The molecule has 2 aromatic carbocycles. The fraction of sp³-hybridized carbons (Fsp3) is 0.435. The van der Waals surface area contributed by atoms with Gasteiger partial charge >= 0.3 is 0 Å². The van der Waals surface area contributed by atoms with E-state index in [1.54, 1.807) is 14.2 Å². The number of ether oxygens (including phenoxy) is 2. The van der Waals surface area contributed by atoms with Gasteiger partial charge < -0.3 is 19.7 Å². The van der Waals surface area contributed by atoms with Crippen LogP contribution in [-0.2, 0) is 4.79 Å². The van der Waals surface area contributed by atoms with Gasteiger partial charge in [0.2, 0.25) is 5.91 Å². The topological polar surface area (TPSA) is 54.0 Å². The predicted molar refractivity (Wildman–Crippen MR) is 116 cm³/mol. The summed E-state index contributed by atoms with van der Waals surface area (Å²) in [6.45, 7) is 7.34. The van der Waals surface area contributed by atoms with Gasteiger partial charge in [0.25, 0.3) is 0 Å². The molecule has 1 heterocycles. The number of hydrogen-bond acceptors (Lipinski definition) is 5. The van der Waals surface area contributed by atoms with Gasteiger partial charge in [0, 0.05) is 31.7 Å². The maximum Gasteiger partial charge on any atom is 0.237 e. The molecular weight excluding hydrogens is 366 g/mol. The van der Waals surface area contributed by atoms with Crippen molar-refractivity contribution in [1.82, 2.24) is 10.2 Å². The molecule has 2 aromatic rings. The maximum absolute atomic E-state index is 12.9. The summed E-state index contributed by atoms with van der Waals surface area (Å²) in [5, 5.41) is 3.13. The lowest BCUT2D eigenvalue weighted by Gasteiger charge is -2.39. The molecule has 0 spiro atoms. The second kappa shape index (κ2) is 9.65. The molecule has 2 atom stereocenters. The van der Waals surface area contributed by atoms with E-state index in [1.807, 2.05) is 56.3 Å². The minimum Gasteiger partial charge on any atom is -0.496 e. The highest BCUT2D eigenvalue weighted by atomic mass is 16.5. The molecule has 0 bridgehead atoms. The van der Waals surface area contributed by atoms with Crippen molar-refractivity contribution in [3.8, 4) is 11.5 Å². The molecule has 29 heavy (non-hydrogen) atoms. The number of benzene rings is 2. The van der Waals surface area contributed by atoms with E-state index in [9.17, 15) is 4.79 Å². The maximum atomic E-state index is 12.9. The van der Waals surface area contributed by atoms with Crippen molar-refractivity contribution in [3.05, 3.63) is 54.1 Å². The summed E-state index contributed by atoms with van der Waals surface area (Å²) in [6.07, 6.45) is 0. The zero-order chi connectivity index (χ0) is 20.8. The quantitative estimate of drug-likeness (QED) is 0.778. The van der Waals surface area contributed by atoms with Crippen LogP contribution in [0, 0.1) is 0 Å². The van der Waals surface area contributed by atoms with Crippen molar-refractivity contribution in [2.45, 2.75) is 25.9 Å². The minimum absolute atomic E-state index is 0.0362. The minimum atomic E-state index is -0.188. The summed E-state index contributed by atoms with van der Waals surface area (Å²) in [5.41, 5.74) is 2.09. The third kappa shape index (κ3) is 4.82. The van der Waals surface area contributed by atoms with Gasteiger partial charge in [-0.25, -0.2) is 0 Å². The Hall–Kier alpha value is -2.73. The molecule has 156 valence electrons. The molecule has 0 aromatic heterocycles. The number of nitrogens with one attached hydrogen (secondary N) is 1. The first-order valence-electron chi connectivity index (χ1n) is 10.1. The average Bonchev–Trinajstić information content (AvgIpc) is 2.78. The molecule has 1 amide bonds. The molecule has 1 aliphatic heterocycles. The summed E-state index contributed by atoms with van der Waals surface area (Å²) < 4.78 is 10.9. The molecule has 1 N–H and O–H groups in total. The SMILES string of the molecule is COc1ccccc1C(C)NC(=O)C(C)N1CCN(c2ccccc2OC)CC1. The molecule has 1 aliphatic rings. The van der Waals surface area contributed by atoms with Gasteiger partial charge in [0.05, 0.1) is 32.0 Å². The number of amides is 1. The Bertz CT molecular complexity index is 819. The number of rotatable bonds is 7. The molecule has 0 saturated carbocycles. The van der Waals surface area contributed by atoms with Gasteiger partial charge in [-0.3, -0.25) is 9.69 Å². The Labute approximate surface area is 173 Å². The van der Waals surface area contributed by atoms with E-state index in [0.717, 1.165) is 48.9 Å². The van der Waals surface area contributed by atoms with E-state index < -0.39 is 0 Å². The second-order valence-corrected chi connectivity index (χ2v) is 7.34. The zero-order valence-corrected chi connectivity index (χ0v) is 17.7. The van der Waals surface area contributed by atoms with Gasteiger partial charge in [0.15, 0.2) is 0 Å². The van der Waals surface area contributed by atoms with Crippen LogP contribution in [-0.4, -0.2) is 57.2 Å². The number of methoxy groups -OCH3 is 2. The van der Waals surface area contributed by atoms with Crippen LogP contribution in [0.3, 0.4) is 0 Å². The van der Waals surface area contributed by atoms with E-state index in [1.165, 1.54) is 0 Å². The van der Waals surface area contributed by atoms with E-state index >= 15 is 0 Å². The summed E-state index contributed by atoms with van der Waals surface area (Å²) in [4.78, 5) is 17.4. The first kappa shape index (κ1) is 21.0. The number of carbonyl (C=O) groups is 1. The first-order chi connectivity index (χ1) is 14.0. The normalized spacial score (nSPS) is 16.8. The van der Waals surface area contributed by atoms with Crippen LogP contribution in [0.2, 0.25) is 0 Å². The smallest absolute Gasteiger partial charge is 0.237 e. The van der Waals surface area contributed by atoms with Crippen molar-refractivity contribution in [3.63, 3.8) is 0 Å². The van der Waals surface area contributed by atoms with Crippen LogP contribution in [0.4, 0.5) is 5.69 Å². The van der Waals surface area contributed by atoms with Crippen LogP contribution < -0.4 is 19.7 Å². The number of para-hydroxylation sites is 3. The molecule has 3 rings (SSSR count). The van der Waals surface area contributed by atoms with Crippen molar-refractivity contribution in [1.29, 1.82) is 0 Å². The Morgan fingerprint density at radius 1 is 0.897 bits per heavy atom. The van der Waals surface area contributed by atoms with Crippen LogP contribution in [0.1, 0.15) is 25.5 Å². The van der Waals surface area contributed by atoms with Crippen LogP contribution >= 0.6 is 0 Å². The lowest BCUT2D eigenvalue weighted by atomic mass is 10.1. The third-order valence-corrected chi connectivity index (χ3v) is 5.63. The van der Waals surface area contributed by atoms with Crippen LogP contribution in [0.25, 0.3) is 0 Å². The predicted octanol–water partition coefficient (Wildman–Crippen LogP) is 3.09. The first-order valence-corrected chi connectivity index (χ1v) is 10.1. The van der Waals surface area contributed by atoms with Gasteiger partial charge in [-0.05, 0) is 32.0 Å². The van der Waals surface area contributed by atoms with Gasteiger partial charge in [-0.15, -0.1) is 0 Å². The molecular formula is C23H31N3O3. The number of hydrogen-bond donors (Lipinski definition) is 1. The fourth-order valence-corrected chi connectivity index (χ4v) is 3.84. The van der Waals surface area contributed by atoms with Crippen molar-refractivity contribution in [2.75, 3.05) is 45.3 Å². The zero-order valence-electron chi connectivity index (χ0n) is 17.7. The van der Waals surface area contributed by atoms with Crippen LogP contribution in [0.15, 0.2) is 48.5 Å². The lowest BCUT2D eigenvalue weighted by molar-refractivity contribution is -0.126. The van der Waals surface area contributed by atoms with E-state index in [4.69, 9.17) is 9.47 Å². The van der Waals surface area contributed by atoms with Gasteiger partial charge in [-0.2, -0.15) is 0 Å². The van der Waals surface area contributed by atoms with Crippen molar-refractivity contribution in [2.24, 2.45) is 0 Å². The van der Waals surface area contributed by atoms with Crippen molar-refractivity contribution < 1.29 is 14.3 Å². The number of anilines is 1.